The first-order valence-corrected chi connectivity index (χ1v) is 3.49. The van der Waals surface area contributed by atoms with Gasteiger partial charge in [0.15, 0.2) is 0 Å². The smallest absolute Gasteiger partial charge is 0.293 e. The van der Waals surface area contributed by atoms with Crippen LogP contribution in [0.15, 0.2) is 0 Å². The number of hydrogen-bond acceptors (Lipinski definition) is 4. The lowest BCUT2D eigenvalue weighted by atomic mass is 10.3. The zero-order valence-corrected chi connectivity index (χ0v) is 7.99. The van der Waals surface area contributed by atoms with Crippen molar-refractivity contribution in [3.05, 3.63) is 0 Å². The first-order valence-electron chi connectivity index (χ1n) is 3.49. The normalized spacial score (nSPS) is 13.0. The van der Waals surface area contributed by atoms with Crippen LogP contribution in [0.4, 0.5) is 0 Å². The van der Waals surface area contributed by atoms with Gasteiger partial charge in [-0.1, -0.05) is 0 Å². The van der Waals surface area contributed by atoms with Crippen LogP contribution in [0, 0.1) is 0 Å². The molecule has 0 aromatic rings. The Morgan fingerprint density at radius 1 is 1.50 bits per heavy atom. The molecular weight excluding hydrogens is 160 g/mol. The molecule has 0 rings (SSSR count). The summed E-state index contributed by atoms with van der Waals surface area (Å²) in [7, 11) is 5.89. The van der Waals surface area contributed by atoms with E-state index in [0.29, 0.717) is 17.5 Å². The molecule has 0 aliphatic carbocycles. The third kappa shape index (κ3) is 9.35. The van der Waals surface area contributed by atoms with Gasteiger partial charge in [-0.15, -0.1) is 0 Å². The molecule has 0 saturated heterocycles. The summed E-state index contributed by atoms with van der Waals surface area (Å²) in [5.41, 5.74) is 0. The molecule has 5 nitrogen and oxygen atoms in total. The van der Waals surface area contributed by atoms with Crippen LogP contribution < -0.4 is 6.15 Å². The van der Waals surface area contributed by atoms with E-state index in [-0.39, 0.29) is 12.8 Å². The molecule has 0 amide bonds. The lowest BCUT2D eigenvalue weighted by molar-refractivity contribution is -0.873. The van der Waals surface area contributed by atoms with Crippen LogP contribution >= 0.6 is 0 Å². The van der Waals surface area contributed by atoms with Crippen molar-refractivity contribution in [1.82, 2.24) is 6.15 Å². The molecule has 4 N–H and O–H groups in total. The van der Waals surface area contributed by atoms with E-state index in [1.54, 1.807) is 0 Å². The first-order chi connectivity index (χ1) is 4.95. The largest absolute Gasteiger partial charge is 0.465 e. The predicted octanol–water partition coefficient (Wildman–Crippen LogP) is -0.611. The third-order valence-electron chi connectivity index (χ3n) is 1.12. The number of aliphatic hydroxyl groups excluding tert-OH is 1. The monoisotopic (exact) mass is 179 g/mol. The Labute approximate surface area is 73.1 Å². The summed E-state index contributed by atoms with van der Waals surface area (Å²) in [5.74, 6) is 0. The van der Waals surface area contributed by atoms with Crippen LogP contribution in [0.5, 0.6) is 0 Å². The molecule has 0 aliphatic heterocycles. The van der Waals surface area contributed by atoms with Crippen LogP contribution in [-0.4, -0.2) is 56.5 Å². The molecule has 0 radical (unpaired) electrons. The molecule has 74 valence electrons. The Kier molecular flexibility index (Phi) is 6.88. The number of quaternary nitrogens is 1. The number of nitrogens with zero attached hydrogens (tertiary/aromatic N) is 1. The third-order valence-corrected chi connectivity index (χ3v) is 1.12. The van der Waals surface area contributed by atoms with E-state index >= 15 is 0 Å². The van der Waals surface area contributed by atoms with E-state index in [1.165, 1.54) is 0 Å². The minimum absolute atomic E-state index is 0. The Bertz CT molecular complexity index is 122. The van der Waals surface area contributed by atoms with Crippen LogP contribution in [0.2, 0.25) is 0 Å². The fraction of sp³-hybridized carbons (Fsp3) is 0.857. The first kappa shape index (κ1) is 13.9. The Morgan fingerprint density at radius 3 is 2.33 bits per heavy atom. The van der Waals surface area contributed by atoms with Gasteiger partial charge in [0.2, 0.25) is 0 Å². The van der Waals surface area contributed by atoms with E-state index in [2.05, 4.69) is 4.74 Å². The van der Waals surface area contributed by atoms with Gasteiger partial charge in [0.1, 0.15) is 19.3 Å². The van der Waals surface area contributed by atoms with Crippen molar-refractivity contribution in [1.29, 1.82) is 0 Å². The Hall–Kier alpha value is -0.650. The van der Waals surface area contributed by atoms with E-state index in [1.807, 2.05) is 21.1 Å². The van der Waals surface area contributed by atoms with Gasteiger partial charge in [-0.25, -0.2) is 0 Å². The molecule has 0 aromatic heterocycles. The van der Waals surface area contributed by atoms with Crippen LogP contribution in [0.1, 0.15) is 0 Å². The number of aliphatic hydroxyl groups is 1. The highest BCUT2D eigenvalue weighted by Gasteiger charge is 2.15. The van der Waals surface area contributed by atoms with Crippen molar-refractivity contribution >= 4 is 6.47 Å². The summed E-state index contributed by atoms with van der Waals surface area (Å²) in [6.45, 7) is 1.01. The zero-order chi connectivity index (χ0) is 8.91. The number of likely N-dealkylation sites (N-methyl/N-ethyl adjacent to an activating group) is 1. The van der Waals surface area contributed by atoms with E-state index in [9.17, 15) is 9.90 Å². The SMILES string of the molecule is C[N+](C)(C)CC(O)COC=O.N. The molecule has 1 unspecified atom stereocenters. The van der Waals surface area contributed by atoms with Crippen LogP contribution in [0.25, 0.3) is 0 Å². The quantitative estimate of drug-likeness (QED) is 0.435. The maximum absolute atomic E-state index is 9.74. The second-order valence-corrected chi connectivity index (χ2v) is 3.56. The van der Waals surface area contributed by atoms with Crippen molar-refractivity contribution in [2.24, 2.45) is 0 Å². The van der Waals surface area contributed by atoms with Gasteiger partial charge >= 0.3 is 0 Å². The number of ether oxygens (including phenoxy) is 1. The molecule has 0 heterocycles. The topological polar surface area (TPSA) is 81.5 Å². The highest BCUT2D eigenvalue weighted by Crippen LogP contribution is 1.94. The van der Waals surface area contributed by atoms with Gasteiger partial charge in [-0.3, -0.25) is 4.79 Å². The minimum atomic E-state index is -0.569. The van der Waals surface area contributed by atoms with Gasteiger partial charge < -0.3 is 20.5 Å². The molecule has 0 fully saturated rings. The number of carbonyl (C=O) groups is 1. The highest BCUT2D eigenvalue weighted by molar-refractivity contribution is 5.36. The Morgan fingerprint density at radius 2 is 2.00 bits per heavy atom. The number of rotatable bonds is 5. The molecular formula is C7H19N2O3+. The second-order valence-electron chi connectivity index (χ2n) is 3.56. The van der Waals surface area contributed by atoms with Gasteiger partial charge in [0.05, 0.1) is 21.1 Å². The molecule has 0 spiro atoms. The summed E-state index contributed by atoms with van der Waals surface area (Å²) < 4.78 is 5.06. The fourth-order valence-electron chi connectivity index (χ4n) is 0.835. The van der Waals surface area contributed by atoms with E-state index in [4.69, 9.17) is 0 Å². The maximum Gasteiger partial charge on any atom is 0.293 e. The molecule has 0 aromatic carbocycles. The average Bonchev–Trinajstić information content (AvgIpc) is 1.79. The minimum Gasteiger partial charge on any atom is -0.465 e. The molecule has 0 aliphatic rings. The summed E-state index contributed by atoms with van der Waals surface area (Å²) in [6.07, 6.45) is -0.569. The average molecular weight is 179 g/mol. The lowest BCUT2D eigenvalue weighted by Gasteiger charge is -2.26. The van der Waals surface area contributed by atoms with Gasteiger partial charge in [0, 0.05) is 0 Å². The molecule has 12 heavy (non-hydrogen) atoms. The molecule has 0 saturated carbocycles. The number of hydrogen-bond donors (Lipinski definition) is 2. The molecule has 1 atom stereocenters. The second kappa shape index (κ2) is 5.93. The van der Waals surface area contributed by atoms with Crippen molar-refractivity contribution < 1.29 is 19.1 Å². The van der Waals surface area contributed by atoms with Crippen LogP contribution in [-0.2, 0) is 9.53 Å². The maximum atomic E-state index is 9.74. The zero-order valence-electron chi connectivity index (χ0n) is 7.99. The molecule has 5 heteroatoms. The fourth-order valence-corrected chi connectivity index (χ4v) is 0.835. The van der Waals surface area contributed by atoms with Gasteiger partial charge in [-0.2, -0.15) is 0 Å². The summed E-state index contributed by atoms with van der Waals surface area (Å²) >= 11 is 0. The van der Waals surface area contributed by atoms with E-state index < -0.39 is 6.10 Å². The Balaban J connectivity index is 0. The van der Waals surface area contributed by atoms with Gasteiger partial charge in [-0.05, 0) is 0 Å². The van der Waals surface area contributed by atoms with E-state index in [0.717, 1.165) is 0 Å². The van der Waals surface area contributed by atoms with Crippen molar-refractivity contribution in [3.63, 3.8) is 0 Å². The lowest BCUT2D eigenvalue weighted by Crippen LogP contribution is -2.42. The van der Waals surface area contributed by atoms with Crippen molar-refractivity contribution in [2.45, 2.75) is 6.10 Å². The van der Waals surface area contributed by atoms with Crippen molar-refractivity contribution in [2.75, 3.05) is 34.3 Å². The summed E-state index contributed by atoms with van der Waals surface area (Å²) in [4.78, 5) is 9.74. The van der Waals surface area contributed by atoms with Gasteiger partial charge in [0.25, 0.3) is 6.47 Å². The molecule has 0 bridgehead atoms. The summed E-state index contributed by atoms with van der Waals surface area (Å²) in [5, 5.41) is 9.22. The standard InChI is InChI=1S/C7H16NO3.H3N/c1-8(2,3)4-7(10)5-11-6-9;/h6-7,10H,4-5H2,1-3H3;1H3/q+1;. The summed E-state index contributed by atoms with van der Waals surface area (Å²) in [6, 6.07) is 0. The number of carbonyl (C=O) groups excluding carboxylic acids is 1. The van der Waals surface area contributed by atoms with Crippen LogP contribution in [0.3, 0.4) is 0 Å². The van der Waals surface area contributed by atoms with Crippen molar-refractivity contribution in [3.8, 4) is 0 Å². The predicted molar refractivity (Wildman–Crippen MR) is 45.9 cm³/mol. The highest BCUT2D eigenvalue weighted by atomic mass is 16.5.